The predicted molar refractivity (Wildman–Crippen MR) is 99.4 cm³/mol. The molecule has 0 aliphatic carbocycles. The van der Waals surface area contributed by atoms with Crippen molar-refractivity contribution < 1.29 is 13.2 Å². The number of thiophene rings is 1. The van der Waals surface area contributed by atoms with Crippen LogP contribution in [0.5, 0.6) is 0 Å². The molecule has 7 heteroatoms. The highest BCUT2D eigenvalue weighted by molar-refractivity contribution is 7.93. The molecule has 0 saturated heterocycles. The minimum atomic E-state index is -3.71. The van der Waals surface area contributed by atoms with Gasteiger partial charge in [0.05, 0.1) is 16.6 Å². The Bertz CT molecular complexity index is 1050. The van der Waals surface area contributed by atoms with Crippen LogP contribution in [0.2, 0.25) is 0 Å². The van der Waals surface area contributed by atoms with E-state index >= 15 is 0 Å². The van der Waals surface area contributed by atoms with E-state index in [-0.39, 0.29) is 23.4 Å². The molecule has 0 radical (unpaired) electrons. The monoisotopic (exact) mass is 372 g/mol. The van der Waals surface area contributed by atoms with Gasteiger partial charge in [-0.05, 0) is 35.9 Å². The van der Waals surface area contributed by atoms with E-state index < -0.39 is 10.0 Å². The number of anilines is 1. The fourth-order valence-corrected chi connectivity index (χ4v) is 5.56. The lowest BCUT2D eigenvalue weighted by molar-refractivity contribution is -0.120. The Morgan fingerprint density at radius 1 is 1.16 bits per heavy atom. The number of carbonyl (C=O) groups is 1. The van der Waals surface area contributed by atoms with Gasteiger partial charge in [-0.2, -0.15) is 0 Å². The molecule has 1 aromatic heterocycles. The van der Waals surface area contributed by atoms with E-state index in [0.29, 0.717) is 11.1 Å². The topological polar surface area (TPSA) is 66.5 Å². The van der Waals surface area contributed by atoms with E-state index in [9.17, 15) is 13.2 Å². The van der Waals surface area contributed by atoms with Gasteiger partial charge in [0.2, 0.25) is 5.91 Å². The molecule has 5 nitrogen and oxygen atoms in total. The van der Waals surface area contributed by atoms with Crippen molar-refractivity contribution in [3.05, 3.63) is 58.8 Å². The van der Waals surface area contributed by atoms with Crippen molar-refractivity contribution in [1.82, 2.24) is 5.32 Å². The average Bonchev–Trinajstić information content (AvgIpc) is 3.19. The van der Waals surface area contributed by atoms with Gasteiger partial charge in [0, 0.05) is 10.3 Å². The summed E-state index contributed by atoms with van der Waals surface area (Å²) >= 11 is 1.55. The molecule has 0 bridgehead atoms. The summed E-state index contributed by atoms with van der Waals surface area (Å²) in [6.45, 7) is 1.66. The van der Waals surface area contributed by atoms with Gasteiger partial charge >= 0.3 is 0 Å². The molecule has 1 amide bonds. The highest BCUT2D eigenvalue weighted by Gasteiger charge is 2.36. The summed E-state index contributed by atoms with van der Waals surface area (Å²) in [5.74, 6) is -0.325. The van der Waals surface area contributed by atoms with E-state index in [0.717, 1.165) is 10.3 Å². The summed E-state index contributed by atoms with van der Waals surface area (Å²) in [5.41, 5.74) is 0.562. The number of rotatable bonds is 4. The average molecular weight is 372 g/mol. The van der Waals surface area contributed by atoms with Crippen LogP contribution < -0.4 is 9.62 Å². The van der Waals surface area contributed by atoms with E-state index in [4.69, 9.17) is 0 Å². The van der Waals surface area contributed by atoms with Gasteiger partial charge in [-0.15, -0.1) is 11.3 Å². The lowest BCUT2D eigenvalue weighted by Crippen LogP contribution is -2.39. The summed E-state index contributed by atoms with van der Waals surface area (Å²) in [7, 11) is -3.71. The predicted octanol–water partition coefficient (Wildman–Crippen LogP) is 3.29. The summed E-state index contributed by atoms with van der Waals surface area (Å²) in [6.07, 6.45) is 0. The van der Waals surface area contributed by atoms with Gasteiger partial charge in [0.15, 0.2) is 0 Å². The van der Waals surface area contributed by atoms with Crippen LogP contribution in [-0.4, -0.2) is 20.9 Å². The Hall–Kier alpha value is -2.38. The Balaban J connectivity index is 1.63. The molecule has 1 aliphatic heterocycles. The Labute approximate surface area is 149 Å². The van der Waals surface area contributed by atoms with Crippen molar-refractivity contribution in [3.63, 3.8) is 0 Å². The second-order valence-electron chi connectivity index (χ2n) is 5.95. The molecule has 128 valence electrons. The van der Waals surface area contributed by atoms with Gasteiger partial charge < -0.3 is 5.32 Å². The van der Waals surface area contributed by atoms with E-state index in [2.05, 4.69) is 5.32 Å². The number of hydrogen-bond acceptors (Lipinski definition) is 4. The first-order valence-corrected chi connectivity index (χ1v) is 10.2. The molecule has 1 unspecified atom stereocenters. The van der Waals surface area contributed by atoms with Crippen molar-refractivity contribution in [3.8, 4) is 0 Å². The number of benzene rings is 2. The minimum Gasteiger partial charge on any atom is -0.347 e. The zero-order chi connectivity index (χ0) is 17.6. The van der Waals surface area contributed by atoms with Crippen molar-refractivity contribution in [2.45, 2.75) is 17.9 Å². The molecular formula is C18H16N2O3S2. The first kappa shape index (κ1) is 16.1. The van der Waals surface area contributed by atoms with Crippen LogP contribution in [0.4, 0.5) is 5.69 Å². The highest BCUT2D eigenvalue weighted by Crippen LogP contribution is 2.41. The third-order valence-electron chi connectivity index (χ3n) is 4.32. The lowest BCUT2D eigenvalue weighted by Gasteiger charge is -2.20. The Kier molecular flexibility index (Phi) is 3.77. The van der Waals surface area contributed by atoms with E-state index in [1.165, 1.54) is 4.31 Å². The zero-order valence-electron chi connectivity index (χ0n) is 13.5. The minimum absolute atomic E-state index is 0.157. The smallest absolute Gasteiger partial charge is 0.265 e. The van der Waals surface area contributed by atoms with Crippen molar-refractivity contribution in [2.75, 3.05) is 10.8 Å². The first-order valence-electron chi connectivity index (χ1n) is 7.86. The molecule has 2 aromatic carbocycles. The number of nitrogens with zero attached hydrogens (tertiary/aromatic N) is 1. The quantitative estimate of drug-likeness (QED) is 0.764. The largest absolute Gasteiger partial charge is 0.347 e. The molecule has 0 saturated carbocycles. The third-order valence-corrected chi connectivity index (χ3v) is 7.17. The molecule has 3 aromatic rings. The molecule has 25 heavy (non-hydrogen) atoms. The number of nitrogens with one attached hydrogen (secondary N) is 1. The molecule has 0 spiro atoms. The fourth-order valence-electron chi connectivity index (χ4n) is 3.15. The summed E-state index contributed by atoms with van der Waals surface area (Å²) in [5, 5.41) is 6.36. The highest BCUT2D eigenvalue weighted by atomic mass is 32.2. The maximum Gasteiger partial charge on any atom is 0.265 e. The Morgan fingerprint density at radius 3 is 2.64 bits per heavy atom. The van der Waals surface area contributed by atoms with Gasteiger partial charge in [-0.1, -0.05) is 30.3 Å². The maximum absolute atomic E-state index is 12.9. The van der Waals surface area contributed by atoms with Crippen LogP contribution in [0, 0.1) is 0 Å². The second kappa shape index (κ2) is 5.86. The molecule has 2 heterocycles. The van der Waals surface area contributed by atoms with Crippen LogP contribution in [0.1, 0.15) is 17.8 Å². The van der Waals surface area contributed by atoms with Crippen LogP contribution in [-0.2, 0) is 14.8 Å². The van der Waals surface area contributed by atoms with Gasteiger partial charge in [-0.3, -0.25) is 9.10 Å². The van der Waals surface area contributed by atoms with Crippen molar-refractivity contribution >= 4 is 43.7 Å². The van der Waals surface area contributed by atoms with E-state index in [1.54, 1.807) is 29.5 Å². The normalized spacial score (nSPS) is 16.1. The van der Waals surface area contributed by atoms with Crippen LogP contribution >= 0.6 is 11.3 Å². The van der Waals surface area contributed by atoms with E-state index in [1.807, 2.05) is 42.6 Å². The van der Waals surface area contributed by atoms with Crippen molar-refractivity contribution in [1.29, 1.82) is 0 Å². The van der Waals surface area contributed by atoms with Crippen LogP contribution in [0.3, 0.4) is 0 Å². The summed E-state index contributed by atoms with van der Waals surface area (Å²) in [4.78, 5) is 13.7. The van der Waals surface area contributed by atoms with Crippen LogP contribution in [0.25, 0.3) is 10.8 Å². The molecule has 4 rings (SSSR count). The summed E-state index contributed by atoms with van der Waals surface area (Å²) < 4.78 is 26.9. The number of hydrogen-bond donors (Lipinski definition) is 1. The van der Waals surface area contributed by atoms with Gasteiger partial charge in [0.1, 0.15) is 6.54 Å². The summed E-state index contributed by atoms with van der Waals surface area (Å²) in [6, 6.07) is 14.3. The van der Waals surface area contributed by atoms with Crippen molar-refractivity contribution in [2.24, 2.45) is 0 Å². The lowest BCUT2D eigenvalue weighted by atomic mass is 10.1. The third kappa shape index (κ3) is 2.60. The second-order valence-corrected chi connectivity index (χ2v) is 8.76. The SMILES string of the molecule is CC(NC(=O)CN1c2cccc3cccc(c23)S1(=O)=O)c1cccs1. The fraction of sp³-hybridized carbons (Fsp3) is 0.167. The molecule has 1 N–H and O–H groups in total. The van der Waals surface area contributed by atoms with Crippen LogP contribution in [0.15, 0.2) is 58.8 Å². The number of amides is 1. The first-order chi connectivity index (χ1) is 12.0. The van der Waals surface area contributed by atoms with Gasteiger partial charge in [0.25, 0.3) is 10.0 Å². The zero-order valence-corrected chi connectivity index (χ0v) is 15.1. The number of sulfonamides is 1. The number of carbonyl (C=O) groups excluding carboxylic acids is 1. The Morgan fingerprint density at radius 2 is 1.92 bits per heavy atom. The molecular weight excluding hydrogens is 356 g/mol. The van der Waals surface area contributed by atoms with Gasteiger partial charge in [-0.25, -0.2) is 8.42 Å². The maximum atomic E-state index is 12.9. The standard InChI is InChI=1S/C18H16N2O3S2/c1-12(15-8-4-10-24-15)19-17(21)11-20-14-7-2-5-13-6-3-9-16(18(13)14)25(20,22)23/h2-10,12H,11H2,1H3,(H,19,21). The molecule has 1 atom stereocenters. The molecule has 0 fully saturated rings. The molecule has 1 aliphatic rings.